The number of aromatic carboxylic acids is 1. The number of fused-ring (bicyclic) bond motifs is 1. The number of carboxylic acids is 1. The van der Waals surface area contributed by atoms with Crippen LogP contribution in [0.15, 0.2) is 42.9 Å². The van der Waals surface area contributed by atoms with E-state index in [4.69, 9.17) is 5.11 Å². The number of piperidine rings is 1. The van der Waals surface area contributed by atoms with Gasteiger partial charge >= 0.3 is 5.97 Å². The number of carboxylic acid groups (broad SMARTS) is 1. The van der Waals surface area contributed by atoms with E-state index in [-0.39, 0.29) is 5.56 Å². The molecule has 134 valence electrons. The van der Waals surface area contributed by atoms with Crippen molar-refractivity contribution in [3.8, 4) is 0 Å². The molecular formula is C19H21N5O2. The van der Waals surface area contributed by atoms with Crippen LogP contribution in [0.1, 0.15) is 28.9 Å². The Bertz CT molecular complexity index is 865. The quantitative estimate of drug-likeness (QED) is 0.653. The van der Waals surface area contributed by atoms with E-state index in [1.807, 2.05) is 12.3 Å². The van der Waals surface area contributed by atoms with Crippen LogP contribution in [-0.2, 0) is 6.54 Å². The number of H-pyrrole nitrogens is 1. The van der Waals surface area contributed by atoms with Gasteiger partial charge in [-0.25, -0.2) is 9.78 Å². The fourth-order valence-electron chi connectivity index (χ4n) is 3.39. The summed E-state index contributed by atoms with van der Waals surface area (Å²) in [7, 11) is 0. The maximum atomic E-state index is 10.9. The molecular weight excluding hydrogens is 330 g/mol. The average molecular weight is 351 g/mol. The largest absolute Gasteiger partial charge is 0.478 e. The summed E-state index contributed by atoms with van der Waals surface area (Å²) >= 11 is 0. The van der Waals surface area contributed by atoms with Gasteiger partial charge in [0.15, 0.2) is 0 Å². The van der Waals surface area contributed by atoms with Crippen LogP contribution in [0.5, 0.6) is 0 Å². The second-order valence-corrected chi connectivity index (χ2v) is 6.61. The Hall–Kier alpha value is -2.93. The molecule has 0 radical (unpaired) electrons. The minimum absolute atomic E-state index is 0.221. The van der Waals surface area contributed by atoms with Crippen LogP contribution < -0.4 is 10.2 Å². The molecule has 4 rings (SSSR count). The van der Waals surface area contributed by atoms with Crippen molar-refractivity contribution in [2.45, 2.75) is 25.4 Å². The first-order chi connectivity index (χ1) is 12.7. The molecule has 1 aliphatic heterocycles. The SMILES string of the molecule is O=C(O)c1ccc(N2CCC(NCc3cc4cnccc4[nH]3)CC2)nc1. The van der Waals surface area contributed by atoms with Crippen LogP contribution in [0.4, 0.5) is 5.82 Å². The molecule has 26 heavy (non-hydrogen) atoms. The first-order valence-corrected chi connectivity index (χ1v) is 8.78. The first-order valence-electron chi connectivity index (χ1n) is 8.78. The number of aromatic nitrogens is 3. The number of hydrogen-bond acceptors (Lipinski definition) is 5. The summed E-state index contributed by atoms with van der Waals surface area (Å²) in [5, 5.41) is 13.7. The summed E-state index contributed by atoms with van der Waals surface area (Å²) in [4.78, 5) is 25.0. The highest BCUT2D eigenvalue weighted by Crippen LogP contribution is 2.19. The van der Waals surface area contributed by atoms with Gasteiger partial charge in [-0.2, -0.15) is 0 Å². The zero-order valence-corrected chi connectivity index (χ0v) is 14.4. The lowest BCUT2D eigenvalue weighted by molar-refractivity contribution is 0.0696. The molecule has 3 N–H and O–H groups in total. The number of carbonyl (C=O) groups is 1. The van der Waals surface area contributed by atoms with Crippen LogP contribution in [0.25, 0.3) is 10.9 Å². The molecule has 0 bridgehead atoms. The minimum Gasteiger partial charge on any atom is -0.478 e. The lowest BCUT2D eigenvalue weighted by Gasteiger charge is -2.33. The standard InChI is InChI=1S/C19H21N5O2/c25-19(26)13-1-2-18(22-11-13)24-7-4-15(5-8-24)21-12-16-9-14-10-20-6-3-17(14)23-16/h1-3,6,9-11,15,21,23H,4-5,7-8,12H2,(H,25,26). The molecule has 1 aliphatic rings. The predicted molar refractivity (Wildman–Crippen MR) is 99.4 cm³/mol. The fraction of sp³-hybridized carbons (Fsp3) is 0.316. The summed E-state index contributed by atoms with van der Waals surface area (Å²) in [6.45, 7) is 2.63. The van der Waals surface area contributed by atoms with Crippen molar-refractivity contribution in [3.05, 3.63) is 54.1 Å². The molecule has 0 aliphatic carbocycles. The predicted octanol–water partition coefficient (Wildman–Crippen LogP) is 2.41. The Morgan fingerprint density at radius 1 is 1.27 bits per heavy atom. The molecule has 3 aromatic rings. The third-order valence-corrected chi connectivity index (χ3v) is 4.87. The lowest BCUT2D eigenvalue weighted by Crippen LogP contribution is -2.42. The van der Waals surface area contributed by atoms with Gasteiger partial charge in [0.05, 0.1) is 5.56 Å². The Morgan fingerprint density at radius 3 is 2.81 bits per heavy atom. The Labute approximate surface area is 151 Å². The first kappa shape index (κ1) is 16.5. The number of rotatable bonds is 5. The van der Waals surface area contributed by atoms with E-state index in [2.05, 4.69) is 31.2 Å². The Balaban J connectivity index is 1.30. The number of nitrogens with one attached hydrogen (secondary N) is 2. The molecule has 7 nitrogen and oxygen atoms in total. The van der Waals surface area contributed by atoms with Gasteiger partial charge in [-0.3, -0.25) is 4.98 Å². The van der Waals surface area contributed by atoms with Crippen molar-refractivity contribution in [3.63, 3.8) is 0 Å². The third kappa shape index (κ3) is 3.52. The summed E-state index contributed by atoms with van der Waals surface area (Å²) in [6, 6.07) is 7.99. The lowest BCUT2D eigenvalue weighted by atomic mass is 10.0. The third-order valence-electron chi connectivity index (χ3n) is 4.87. The van der Waals surface area contributed by atoms with Crippen LogP contribution in [0, 0.1) is 0 Å². The zero-order chi connectivity index (χ0) is 17.9. The maximum absolute atomic E-state index is 10.9. The van der Waals surface area contributed by atoms with Gasteiger partial charge in [0.25, 0.3) is 0 Å². The minimum atomic E-state index is -0.945. The Kier molecular flexibility index (Phi) is 4.53. The van der Waals surface area contributed by atoms with Crippen molar-refractivity contribution >= 4 is 22.7 Å². The molecule has 1 saturated heterocycles. The number of nitrogens with zero attached hydrogens (tertiary/aromatic N) is 3. The van der Waals surface area contributed by atoms with Gasteiger partial charge in [-0.05, 0) is 37.1 Å². The number of anilines is 1. The van der Waals surface area contributed by atoms with Crippen molar-refractivity contribution in [2.24, 2.45) is 0 Å². The molecule has 0 amide bonds. The normalized spacial score (nSPS) is 15.5. The molecule has 0 atom stereocenters. The molecule has 7 heteroatoms. The Morgan fingerprint density at radius 2 is 2.12 bits per heavy atom. The molecule has 0 aromatic carbocycles. The van der Waals surface area contributed by atoms with E-state index < -0.39 is 5.97 Å². The molecule has 0 spiro atoms. The van der Waals surface area contributed by atoms with E-state index in [9.17, 15) is 4.79 Å². The number of pyridine rings is 2. The molecule has 0 saturated carbocycles. The summed E-state index contributed by atoms with van der Waals surface area (Å²) in [5.74, 6) is -0.101. The van der Waals surface area contributed by atoms with Gasteiger partial charge < -0.3 is 20.3 Å². The monoisotopic (exact) mass is 351 g/mol. The number of aromatic amines is 1. The van der Waals surface area contributed by atoms with E-state index in [1.165, 1.54) is 11.9 Å². The molecule has 0 unspecified atom stereocenters. The van der Waals surface area contributed by atoms with Gasteiger partial charge in [0, 0.05) is 60.9 Å². The molecule has 3 aromatic heterocycles. The van der Waals surface area contributed by atoms with E-state index in [0.29, 0.717) is 6.04 Å². The summed E-state index contributed by atoms with van der Waals surface area (Å²) in [5.41, 5.74) is 2.50. The van der Waals surface area contributed by atoms with Crippen LogP contribution in [-0.4, -0.2) is 45.2 Å². The highest BCUT2D eigenvalue weighted by molar-refractivity contribution is 5.87. The van der Waals surface area contributed by atoms with Crippen molar-refractivity contribution in [1.29, 1.82) is 0 Å². The fourth-order valence-corrected chi connectivity index (χ4v) is 3.39. The average Bonchev–Trinajstić information content (AvgIpc) is 3.10. The van der Waals surface area contributed by atoms with E-state index >= 15 is 0 Å². The molecule has 4 heterocycles. The summed E-state index contributed by atoms with van der Waals surface area (Å²) < 4.78 is 0. The molecule has 1 fully saturated rings. The van der Waals surface area contributed by atoms with Crippen LogP contribution >= 0.6 is 0 Å². The van der Waals surface area contributed by atoms with Crippen molar-refractivity contribution < 1.29 is 9.90 Å². The van der Waals surface area contributed by atoms with E-state index in [1.54, 1.807) is 18.3 Å². The zero-order valence-electron chi connectivity index (χ0n) is 14.4. The second kappa shape index (κ2) is 7.13. The van der Waals surface area contributed by atoms with Crippen LogP contribution in [0.3, 0.4) is 0 Å². The summed E-state index contributed by atoms with van der Waals surface area (Å²) in [6.07, 6.45) is 7.15. The van der Waals surface area contributed by atoms with E-state index in [0.717, 1.165) is 49.2 Å². The smallest absolute Gasteiger partial charge is 0.337 e. The van der Waals surface area contributed by atoms with Crippen molar-refractivity contribution in [2.75, 3.05) is 18.0 Å². The highest BCUT2D eigenvalue weighted by atomic mass is 16.4. The maximum Gasteiger partial charge on any atom is 0.337 e. The van der Waals surface area contributed by atoms with Gasteiger partial charge in [-0.15, -0.1) is 0 Å². The van der Waals surface area contributed by atoms with Gasteiger partial charge in [0.1, 0.15) is 5.82 Å². The number of hydrogen-bond donors (Lipinski definition) is 3. The highest BCUT2D eigenvalue weighted by Gasteiger charge is 2.20. The topological polar surface area (TPSA) is 94.1 Å². The van der Waals surface area contributed by atoms with Crippen molar-refractivity contribution in [1.82, 2.24) is 20.3 Å². The van der Waals surface area contributed by atoms with Gasteiger partial charge in [0.2, 0.25) is 0 Å². The second-order valence-electron chi connectivity index (χ2n) is 6.61. The van der Waals surface area contributed by atoms with Gasteiger partial charge in [-0.1, -0.05) is 0 Å². The van der Waals surface area contributed by atoms with Crippen LogP contribution in [0.2, 0.25) is 0 Å².